The molecule has 0 heterocycles. The van der Waals surface area contributed by atoms with Crippen LogP contribution in [0.4, 0.5) is 0 Å². The van der Waals surface area contributed by atoms with Crippen molar-refractivity contribution in [3.63, 3.8) is 0 Å². The van der Waals surface area contributed by atoms with Crippen LogP contribution in [0.15, 0.2) is 0 Å². The predicted molar refractivity (Wildman–Crippen MR) is 98.5 cm³/mol. The molecular weight excluding hydrogens is 286 g/mol. The lowest BCUT2D eigenvalue weighted by Gasteiger charge is -2.04. The molecule has 0 radical (unpaired) electrons. The molecule has 0 fully saturated rings. The van der Waals surface area contributed by atoms with Crippen LogP contribution in [-0.2, 0) is 9.59 Å². The summed E-state index contributed by atoms with van der Waals surface area (Å²) in [5, 5.41) is 0. The van der Waals surface area contributed by atoms with E-state index < -0.39 is 0 Å². The first-order valence-corrected chi connectivity index (χ1v) is 9.95. The lowest BCUT2D eigenvalue weighted by molar-refractivity contribution is -0.119. The van der Waals surface area contributed by atoms with Crippen LogP contribution in [0.25, 0.3) is 0 Å². The van der Waals surface area contributed by atoms with Crippen molar-refractivity contribution in [2.75, 3.05) is 6.54 Å². The summed E-state index contributed by atoms with van der Waals surface area (Å²) in [7, 11) is 0. The van der Waals surface area contributed by atoms with Crippen LogP contribution < -0.4 is 5.73 Å². The highest BCUT2D eigenvalue weighted by atomic mass is 16.1. The highest BCUT2D eigenvalue weighted by Crippen LogP contribution is 2.14. The topological polar surface area (TPSA) is 60.2 Å². The number of carbonyl (C=O) groups excluding carboxylic acids is 2. The maximum Gasteiger partial charge on any atom is 0.130 e. The lowest BCUT2D eigenvalue weighted by atomic mass is 10.0. The van der Waals surface area contributed by atoms with Gasteiger partial charge in [-0.2, -0.15) is 0 Å². The summed E-state index contributed by atoms with van der Waals surface area (Å²) in [5.41, 5.74) is 5.48. The quantitative estimate of drug-likeness (QED) is 0.202. The van der Waals surface area contributed by atoms with Crippen LogP contribution in [0.1, 0.15) is 103 Å². The van der Waals surface area contributed by atoms with Crippen LogP contribution in [0.3, 0.4) is 0 Å². The highest BCUT2D eigenvalue weighted by Gasteiger charge is 2.03. The van der Waals surface area contributed by atoms with Crippen molar-refractivity contribution in [2.45, 2.75) is 103 Å². The molecule has 0 aromatic rings. The Morgan fingerprint density at radius 3 is 1.13 bits per heavy atom. The third-order valence-corrected chi connectivity index (χ3v) is 4.59. The van der Waals surface area contributed by atoms with Gasteiger partial charge >= 0.3 is 0 Å². The zero-order chi connectivity index (χ0) is 17.0. The summed E-state index contributed by atoms with van der Waals surface area (Å²) in [6.45, 7) is 0.845. The smallest absolute Gasteiger partial charge is 0.130 e. The summed E-state index contributed by atoms with van der Waals surface area (Å²) in [4.78, 5) is 21.0. The third kappa shape index (κ3) is 17.5. The Morgan fingerprint density at radius 1 is 0.522 bits per heavy atom. The van der Waals surface area contributed by atoms with Crippen molar-refractivity contribution < 1.29 is 9.59 Å². The zero-order valence-electron chi connectivity index (χ0n) is 15.1. The van der Waals surface area contributed by atoms with E-state index in [0.29, 0.717) is 0 Å². The van der Waals surface area contributed by atoms with E-state index in [-0.39, 0.29) is 5.92 Å². The van der Waals surface area contributed by atoms with Gasteiger partial charge in [0.1, 0.15) is 12.6 Å². The Balaban J connectivity index is 3.05. The molecule has 3 heteroatoms. The van der Waals surface area contributed by atoms with E-state index in [4.69, 9.17) is 5.73 Å². The predicted octanol–water partition coefficient (Wildman–Crippen LogP) is 5.20. The minimum atomic E-state index is -0.365. The molecule has 136 valence electrons. The largest absolute Gasteiger partial charge is 0.330 e. The molecule has 0 atom stereocenters. The number of rotatable bonds is 19. The van der Waals surface area contributed by atoms with Gasteiger partial charge in [0.2, 0.25) is 0 Å². The summed E-state index contributed by atoms with van der Waals surface area (Å²) < 4.78 is 0. The van der Waals surface area contributed by atoms with Gasteiger partial charge in [-0.1, -0.05) is 89.9 Å². The second kappa shape index (κ2) is 19.3. The van der Waals surface area contributed by atoms with E-state index in [1.54, 1.807) is 0 Å². The van der Waals surface area contributed by atoms with Crippen molar-refractivity contribution in [3.05, 3.63) is 0 Å². The van der Waals surface area contributed by atoms with Crippen LogP contribution in [-0.4, -0.2) is 19.1 Å². The molecule has 0 rings (SSSR count). The zero-order valence-corrected chi connectivity index (χ0v) is 15.1. The molecule has 0 aliphatic rings. The fraction of sp³-hybridized carbons (Fsp3) is 0.900. The maximum absolute atomic E-state index is 10.5. The molecule has 0 saturated carbocycles. The normalized spacial score (nSPS) is 11.0. The Hall–Kier alpha value is -0.700. The Morgan fingerprint density at radius 2 is 0.826 bits per heavy atom. The monoisotopic (exact) mass is 325 g/mol. The van der Waals surface area contributed by atoms with Gasteiger partial charge in [0, 0.05) is 0 Å². The van der Waals surface area contributed by atoms with E-state index in [1.807, 2.05) is 0 Å². The van der Waals surface area contributed by atoms with Gasteiger partial charge in [-0.25, -0.2) is 0 Å². The Kier molecular flexibility index (Phi) is 18.8. The van der Waals surface area contributed by atoms with Gasteiger partial charge < -0.3 is 15.3 Å². The number of unbranched alkanes of at least 4 members (excludes halogenated alkanes) is 14. The molecule has 0 bridgehead atoms. The molecule has 0 aromatic heterocycles. The van der Waals surface area contributed by atoms with E-state index in [9.17, 15) is 9.59 Å². The van der Waals surface area contributed by atoms with Crippen molar-refractivity contribution in [2.24, 2.45) is 11.7 Å². The minimum absolute atomic E-state index is 0.365. The van der Waals surface area contributed by atoms with Crippen LogP contribution in [0.5, 0.6) is 0 Å². The molecule has 0 saturated heterocycles. The summed E-state index contributed by atoms with van der Waals surface area (Å²) in [5.74, 6) is -0.365. The maximum atomic E-state index is 10.5. The number of hydrogen-bond donors (Lipinski definition) is 1. The molecule has 23 heavy (non-hydrogen) atoms. The Bertz CT molecular complexity index is 248. The van der Waals surface area contributed by atoms with Crippen molar-refractivity contribution in [1.82, 2.24) is 0 Å². The SMILES string of the molecule is NCCCCCCCCCCCCCCCCCC(C=O)C=O. The fourth-order valence-electron chi connectivity index (χ4n) is 2.99. The van der Waals surface area contributed by atoms with E-state index in [2.05, 4.69) is 0 Å². The van der Waals surface area contributed by atoms with Crippen LogP contribution in [0.2, 0.25) is 0 Å². The first-order valence-electron chi connectivity index (χ1n) is 9.95. The van der Waals surface area contributed by atoms with Gasteiger partial charge in [0.15, 0.2) is 0 Å². The van der Waals surface area contributed by atoms with Gasteiger partial charge in [0.05, 0.1) is 5.92 Å². The number of hydrogen-bond acceptors (Lipinski definition) is 3. The van der Waals surface area contributed by atoms with E-state index >= 15 is 0 Å². The molecule has 0 aliphatic carbocycles. The van der Waals surface area contributed by atoms with Crippen LogP contribution in [0, 0.1) is 5.92 Å². The number of aldehydes is 2. The number of nitrogens with two attached hydrogens (primary N) is 1. The van der Waals surface area contributed by atoms with Gasteiger partial charge in [-0.3, -0.25) is 0 Å². The van der Waals surface area contributed by atoms with Gasteiger partial charge in [0.25, 0.3) is 0 Å². The second-order valence-electron chi connectivity index (χ2n) is 6.82. The Labute approximate surface area is 143 Å². The number of carbonyl (C=O) groups is 2. The summed E-state index contributed by atoms with van der Waals surface area (Å²) in [6, 6.07) is 0. The van der Waals surface area contributed by atoms with E-state index in [1.165, 1.54) is 83.5 Å². The standard InChI is InChI=1S/C20H39NO2/c21-17-15-13-11-9-7-5-3-1-2-4-6-8-10-12-14-16-20(18-22)19-23/h18-20H,1-17,21H2. The summed E-state index contributed by atoms with van der Waals surface area (Å²) in [6.07, 6.45) is 21.9. The molecule has 0 aliphatic heterocycles. The molecule has 3 nitrogen and oxygen atoms in total. The molecule has 0 amide bonds. The fourth-order valence-corrected chi connectivity index (χ4v) is 2.99. The van der Waals surface area contributed by atoms with Crippen molar-refractivity contribution >= 4 is 12.6 Å². The average Bonchev–Trinajstić information content (AvgIpc) is 2.58. The molecule has 0 spiro atoms. The molecular formula is C20H39NO2. The minimum Gasteiger partial charge on any atom is -0.330 e. The van der Waals surface area contributed by atoms with Crippen LogP contribution >= 0.6 is 0 Å². The van der Waals surface area contributed by atoms with Gasteiger partial charge in [-0.15, -0.1) is 0 Å². The molecule has 2 N–H and O–H groups in total. The highest BCUT2D eigenvalue weighted by molar-refractivity contribution is 5.77. The average molecular weight is 326 g/mol. The van der Waals surface area contributed by atoms with Crippen molar-refractivity contribution in [3.8, 4) is 0 Å². The first kappa shape index (κ1) is 22.3. The molecule has 0 aromatic carbocycles. The third-order valence-electron chi connectivity index (χ3n) is 4.59. The van der Waals surface area contributed by atoms with Crippen molar-refractivity contribution in [1.29, 1.82) is 0 Å². The lowest BCUT2D eigenvalue weighted by Crippen LogP contribution is -2.02. The van der Waals surface area contributed by atoms with E-state index in [0.717, 1.165) is 38.4 Å². The second-order valence-corrected chi connectivity index (χ2v) is 6.82. The first-order chi connectivity index (χ1) is 11.3. The molecule has 0 unspecified atom stereocenters. The summed E-state index contributed by atoms with van der Waals surface area (Å²) >= 11 is 0. The van der Waals surface area contributed by atoms with Gasteiger partial charge in [-0.05, 0) is 19.4 Å².